The van der Waals surface area contributed by atoms with Crippen molar-refractivity contribution in [2.24, 2.45) is 0 Å². The molecule has 1 aliphatic heterocycles. The maximum Gasteiger partial charge on any atom is 0.373 e. The van der Waals surface area contributed by atoms with Crippen molar-refractivity contribution in [3.63, 3.8) is 0 Å². The van der Waals surface area contributed by atoms with Crippen molar-refractivity contribution >= 4 is 23.9 Å². The van der Waals surface area contributed by atoms with Crippen LogP contribution < -0.4 is 5.43 Å². The molecule has 0 spiro atoms. The molecule has 0 unspecified atom stereocenters. The van der Waals surface area contributed by atoms with Gasteiger partial charge in [-0.2, -0.15) is 9.59 Å². The van der Waals surface area contributed by atoms with Crippen LogP contribution in [0.1, 0.15) is 55.7 Å². The Hall–Kier alpha value is -3.60. The van der Waals surface area contributed by atoms with Gasteiger partial charge in [-0.05, 0) is 27.2 Å². The predicted molar refractivity (Wildman–Crippen MR) is 135 cm³/mol. The Morgan fingerprint density at radius 3 is 2.08 bits per heavy atom. The molecule has 1 aromatic heterocycles. The lowest BCUT2D eigenvalue weighted by Crippen LogP contribution is -2.28. The molecule has 0 bridgehead atoms. The number of aromatic nitrogens is 1. The number of hydrogen-bond donors (Lipinski definition) is 0. The highest BCUT2D eigenvalue weighted by atomic mass is 16.7. The molecular formula is C26H38N2O10. The summed E-state index contributed by atoms with van der Waals surface area (Å²) < 4.78 is 22.5. The van der Waals surface area contributed by atoms with Gasteiger partial charge in [0.1, 0.15) is 11.1 Å². The minimum atomic E-state index is -0.588. The summed E-state index contributed by atoms with van der Waals surface area (Å²) in [5.41, 5.74) is 1.35. The van der Waals surface area contributed by atoms with E-state index in [9.17, 15) is 19.2 Å². The van der Waals surface area contributed by atoms with E-state index in [1.54, 1.807) is 52.9 Å². The quantitative estimate of drug-likeness (QED) is 0.185. The zero-order valence-corrected chi connectivity index (χ0v) is 23.2. The molecule has 0 radical (unpaired) electrons. The van der Waals surface area contributed by atoms with Gasteiger partial charge >= 0.3 is 18.1 Å². The number of ketones is 1. The fraction of sp³-hybridized carbons (Fsp3) is 0.577. The number of Topliss-reactive ketones (excluding diaryl/α,β-unsaturated/α-hetero) is 1. The second kappa shape index (κ2) is 18.6. The molecule has 0 atom stereocenters. The summed E-state index contributed by atoms with van der Waals surface area (Å²) in [6, 6.07) is 0. The number of pyridine rings is 1. The first-order chi connectivity index (χ1) is 18.0. The van der Waals surface area contributed by atoms with Gasteiger partial charge in [0.05, 0.1) is 33.0 Å². The average molecular weight is 539 g/mol. The van der Waals surface area contributed by atoms with E-state index in [1.807, 2.05) is 11.5 Å². The van der Waals surface area contributed by atoms with Crippen molar-refractivity contribution in [3.8, 4) is 0 Å². The minimum absolute atomic E-state index is 0.0598. The van der Waals surface area contributed by atoms with Crippen LogP contribution in [0.3, 0.4) is 0 Å². The molecule has 212 valence electrons. The molecule has 1 aliphatic rings. The Morgan fingerprint density at radius 2 is 1.63 bits per heavy atom. The molecular weight excluding hydrogens is 500 g/mol. The van der Waals surface area contributed by atoms with E-state index >= 15 is 0 Å². The Kier molecular flexibility index (Phi) is 16.9. The number of hydrogen-bond acceptors (Lipinski definition) is 11. The Labute approximate surface area is 222 Å². The van der Waals surface area contributed by atoms with Gasteiger partial charge in [0.2, 0.25) is 0 Å². The maximum atomic E-state index is 12.3. The molecule has 0 aliphatic carbocycles. The zero-order chi connectivity index (χ0) is 29.3. The Bertz CT molecular complexity index is 1050. The van der Waals surface area contributed by atoms with Crippen LogP contribution in [0.5, 0.6) is 0 Å². The van der Waals surface area contributed by atoms with Gasteiger partial charge in [-0.3, -0.25) is 9.59 Å². The van der Waals surface area contributed by atoms with Crippen molar-refractivity contribution in [2.45, 2.75) is 60.3 Å². The predicted octanol–water partition coefficient (Wildman–Crippen LogP) is 1.66. The van der Waals surface area contributed by atoms with Gasteiger partial charge in [-0.15, -0.1) is 0 Å². The fourth-order valence-corrected chi connectivity index (χ4v) is 3.40. The lowest BCUT2D eigenvalue weighted by Gasteiger charge is -2.19. The number of carbonyl (C=O) groups is 3. The standard InChI is InChI=1S/C15H21NO5.C10H17NO3.CO2/c1-4-12-10(3)14(17)11(15(18)19-5-2)8-16(12)9-13-20-6-7-21-13;1-5-9(12)8(7-11(3)4)10(13)14-6-2;2-1-3/h8,13H,4-7,9H2,1-3H3;7H,5-6H2,1-4H3;/b;8-7-;. The monoisotopic (exact) mass is 538 g/mol. The van der Waals surface area contributed by atoms with Gasteiger partial charge in [0.25, 0.3) is 0 Å². The first kappa shape index (κ1) is 34.4. The number of nitrogens with zero attached hydrogens (tertiary/aromatic N) is 2. The lowest BCUT2D eigenvalue weighted by molar-refractivity contribution is -0.191. The largest absolute Gasteiger partial charge is 0.462 e. The van der Waals surface area contributed by atoms with Crippen molar-refractivity contribution < 1.29 is 42.9 Å². The van der Waals surface area contributed by atoms with E-state index in [1.165, 1.54) is 6.20 Å². The molecule has 0 aromatic carbocycles. The molecule has 1 saturated heterocycles. The number of esters is 2. The minimum Gasteiger partial charge on any atom is -0.462 e. The van der Waals surface area contributed by atoms with Gasteiger partial charge in [0, 0.05) is 44.2 Å². The van der Waals surface area contributed by atoms with Crippen molar-refractivity contribution in [1.29, 1.82) is 0 Å². The number of ether oxygens (including phenoxy) is 4. The molecule has 1 aromatic rings. The summed E-state index contributed by atoms with van der Waals surface area (Å²) in [5, 5.41) is 0. The van der Waals surface area contributed by atoms with Gasteiger partial charge in [-0.25, -0.2) is 9.59 Å². The number of rotatable bonds is 10. The highest BCUT2D eigenvalue weighted by Gasteiger charge is 2.22. The van der Waals surface area contributed by atoms with Crippen LogP contribution in [0.4, 0.5) is 0 Å². The normalized spacial score (nSPS) is 12.8. The molecule has 38 heavy (non-hydrogen) atoms. The van der Waals surface area contributed by atoms with Crippen LogP contribution >= 0.6 is 0 Å². The fourth-order valence-electron chi connectivity index (χ4n) is 3.40. The van der Waals surface area contributed by atoms with Crippen LogP contribution in [-0.4, -0.2) is 80.2 Å². The smallest absolute Gasteiger partial charge is 0.373 e. The van der Waals surface area contributed by atoms with Crippen LogP contribution in [-0.2, 0) is 51.1 Å². The first-order valence-electron chi connectivity index (χ1n) is 12.2. The molecule has 1 fully saturated rings. The van der Waals surface area contributed by atoms with Crippen LogP contribution in [0.25, 0.3) is 0 Å². The summed E-state index contributed by atoms with van der Waals surface area (Å²) in [7, 11) is 3.50. The van der Waals surface area contributed by atoms with E-state index < -0.39 is 11.9 Å². The van der Waals surface area contributed by atoms with Gasteiger partial charge < -0.3 is 28.4 Å². The van der Waals surface area contributed by atoms with Crippen LogP contribution in [0, 0.1) is 6.92 Å². The van der Waals surface area contributed by atoms with E-state index in [0.717, 1.165) is 5.69 Å². The SMILES string of the molecule is CCOC(=O)/C(=C\N(C)C)C(=O)CC.CCOC(=O)c1cn(CC2OCCO2)c(CC)c(C)c1=O.O=C=O. The van der Waals surface area contributed by atoms with E-state index in [2.05, 4.69) is 0 Å². The first-order valence-corrected chi connectivity index (χ1v) is 12.2. The summed E-state index contributed by atoms with van der Waals surface area (Å²) in [6.45, 7) is 10.9. The maximum absolute atomic E-state index is 12.3. The molecule has 0 N–H and O–H groups in total. The highest BCUT2D eigenvalue weighted by molar-refractivity contribution is 6.17. The molecule has 0 amide bonds. The van der Waals surface area contributed by atoms with Crippen molar-refractivity contribution in [1.82, 2.24) is 9.47 Å². The molecule has 12 heteroatoms. The third kappa shape index (κ3) is 11.2. The molecule has 2 heterocycles. The van der Waals surface area contributed by atoms with Gasteiger partial charge in [-0.1, -0.05) is 13.8 Å². The third-order valence-electron chi connectivity index (χ3n) is 5.02. The number of carbonyl (C=O) groups excluding carboxylic acids is 5. The van der Waals surface area contributed by atoms with E-state index in [0.29, 0.717) is 38.2 Å². The molecule has 2 rings (SSSR count). The molecule has 0 saturated carbocycles. The Morgan fingerprint density at radius 1 is 1.08 bits per heavy atom. The van der Waals surface area contributed by atoms with Crippen molar-refractivity contribution in [3.05, 3.63) is 45.0 Å². The summed E-state index contributed by atoms with van der Waals surface area (Å²) in [4.78, 5) is 64.8. The van der Waals surface area contributed by atoms with Crippen LogP contribution in [0.15, 0.2) is 22.8 Å². The van der Waals surface area contributed by atoms with E-state index in [4.69, 9.17) is 28.5 Å². The summed E-state index contributed by atoms with van der Waals surface area (Å²) in [5.74, 6) is -1.33. The summed E-state index contributed by atoms with van der Waals surface area (Å²) in [6.07, 6.45) is 3.95. The van der Waals surface area contributed by atoms with E-state index in [-0.39, 0.29) is 48.0 Å². The average Bonchev–Trinajstić information content (AvgIpc) is 3.38. The summed E-state index contributed by atoms with van der Waals surface area (Å²) >= 11 is 0. The Balaban J connectivity index is 0.000000700. The highest BCUT2D eigenvalue weighted by Crippen LogP contribution is 2.13. The second-order valence-corrected chi connectivity index (χ2v) is 7.93. The van der Waals surface area contributed by atoms with Crippen LogP contribution in [0.2, 0.25) is 0 Å². The lowest BCUT2D eigenvalue weighted by atomic mass is 10.1. The third-order valence-corrected chi connectivity index (χ3v) is 5.02. The molecule has 12 nitrogen and oxygen atoms in total. The second-order valence-electron chi connectivity index (χ2n) is 7.93. The zero-order valence-electron chi connectivity index (χ0n) is 23.2. The topological polar surface area (TPSA) is 148 Å². The van der Waals surface area contributed by atoms with Crippen molar-refractivity contribution in [2.75, 3.05) is 40.5 Å². The van der Waals surface area contributed by atoms with Gasteiger partial charge in [0.15, 0.2) is 17.5 Å².